The van der Waals surface area contributed by atoms with Gasteiger partial charge in [-0.3, -0.25) is 0 Å². The number of hydrogen-bond donors (Lipinski definition) is 0. The third kappa shape index (κ3) is 3.48. The monoisotopic (exact) mass is 316 g/mol. The van der Waals surface area contributed by atoms with Crippen LogP contribution in [0.3, 0.4) is 0 Å². The maximum atomic E-state index is 13.2. The van der Waals surface area contributed by atoms with Gasteiger partial charge < -0.3 is 0 Å². The highest BCUT2D eigenvalue weighted by Crippen LogP contribution is 2.29. The first-order valence-corrected chi connectivity index (χ1v) is 7.14. The second-order valence-electron chi connectivity index (χ2n) is 3.34. The first-order valence-electron chi connectivity index (χ1n) is 4.17. The second-order valence-corrected chi connectivity index (χ2v) is 6.63. The van der Waals surface area contributed by atoms with Crippen LogP contribution in [0.2, 0.25) is 0 Å². The average molecular weight is 317 g/mol. The molecule has 1 aromatic carbocycles. The molecule has 0 aliphatic carbocycles. The third-order valence-corrected chi connectivity index (χ3v) is 3.96. The zero-order chi connectivity index (χ0) is 12.5. The van der Waals surface area contributed by atoms with Crippen LogP contribution in [-0.4, -0.2) is 20.4 Å². The molecule has 1 rings (SSSR count). The maximum Gasteiger partial charge on any atom is 0.148 e. The van der Waals surface area contributed by atoms with Gasteiger partial charge in [-0.05, 0) is 0 Å². The predicted octanol–water partition coefficient (Wildman–Crippen LogP) is 2.58. The number of hydrogen-bond acceptors (Lipinski definition) is 2. The molecule has 7 heteroatoms. The summed E-state index contributed by atoms with van der Waals surface area (Å²) in [6.07, 6.45) is 0.945. The summed E-state index contributed by atoms with van der Waals surface area (Å²) in [6.45, 7) is 0. The summed E-state index contributed by atoms with van der Waals surface area (Å²) < 4.78 is 61.0. The van der Waals surface area contributed by atoms with Gasteiger partial charge >= 0.3 is 0 Å². The lowest BCUT2D eigenvalue weighted by molar-refractivity contribution is 0.525. The molecule has 0 aromatic heterocycles. The molecule has 0 heterocycles. The van der Waals surface area contributed by atoms with Crippen LogP contribution in [0.1, 0.15) is 10.4 Å². The van der Waals surface area contributed by atoms with E-state index in [2.05, 4.69) is 15.9 Å². The highest BCUT2D eigenvalue weighted by molar-refractivity contribution is 9.09. The zero-order valence-corrected chi connectivity index (χ0v) is 10.6. The SMILES string of the molecule is CS(=O)(=O)CC(Br)c1c(F)cc(F)cc1F. The van der Waals surface area contributed by atoms with Crippen molar-refractivity contribution in [2.75, 3.05) is 12.0 Å². The van der Waals surface area contributed by atoms with Crippen molar-refractivity contribution in [2.24, 2.45) is 0 Å². The van der Waals surface area contributed by atoms with E-state index in [9.17, 15) is 21.6 Å². The number of sulfone groups is 1. The summed E-state index contributed by atoms with van der Waals surface area (Å²) in [4.78, 5) is -1.04. The van der Waals surface area contributed by atoms with E-state index < -0.39 is 43.4 Å². The van der Waals surface area contributed by atoms with Crippen LogP contribution >= 0.6 is 15.9 Å². The first kappa shape index (κ1) is 13.5. The second kappa shape index (κ2) is 4.75. The molecule has 0 bridgehead atoms. The van der Waals surface area contributed by atoms with Crippen molar-refractivity contribution in [2.45, 2.75) is 4.83 Å². The molecule has 2 nitrogen and oxygen atoms in total. The van der Waals surface area contributed by atoms with Gasteiger partial charge in [-0.15, -0.1) is 0 Å². The van der Waals surface area contributed by atoms with Crippen molar-refractivity contribution in [1.82, 2.24) is 0 Å². The van der Waals surface area contributed by atoms with E-state index in [1.807, 2.05) is 0 Å². The van der Waals surface area contributed by atoms with Crippen LogP contribution in [0.4, 0.5) is 13.2 Å². The molecular formula is C9H8BrF3O2S. The van der Waals surface area contributed by atoms with E-state index in [0.717, 1.165) is 6.26 Å². The summed E-state index contributed by atoms with van der Waals surface area (Å²) in [6, 6.07) is 1.02. The third-order valence-electron chi connectivity index (χ3n) is 1.81. The summed E-state index contributed by atoms with van der Waals surface area (Å²) in [5.74, 6) is -3.73. The smallest absolute Gasteiger partial charge is 0.148 e. The molecule has 0 N–H and O–H groups in total. The summed E-state index contributed by atoms with van der Waals surface area (Å²) >= 11 is 2.87. The van der Waals surface area contributed by atoms with Gasteiger partial charge in [0.1, 0.15) is 27.3 Å². The lowest BCUT2D eigenvalue weighted by Gasteiger charge is -2.11. The first-order chi connectivity index (χ1) is 7.20. The van der Waals surface area contributed by atoms with Gasteiger partial charge in [-0.2, -0.15) is 0 Å². The van der Waals surface area contributed by atoms with E-state index in [-0.39, 0.29) is 0 Å². The van der Waals surface area contributed by atoms with Crippen LogP contribution in [0.25, 0.3) is 0 Å². The highest BCUT2D eigenvalue weighted by Gasteiger charge is 2.22. The number of alkyl halides is 1. The molecule has 0 spiro atoms. The fourth-order valence-corrected chi connectivity index (χ4v) is 3.78. The molecular weight excluding hydrogens is 309 g/mol. The van der Waals surface area contributed by atoms with E-state index in [1.165, 1.54) is 0 Å². The standard InChI is InChI=1S/C9H8BrF3O2S/c1-16(14,15)4-6(10)9-7(12)2-5(11)3-8(9)13/h2-3,6H,4H2,1H3. The van der Waals surface area contributed by atoms with Crippen LogP contribution in [0.15, 0.2) is 12.1 Å². The van der Waals surface area contributed by atoms with Gasteiger partial charge in [0, 0.05) is 24.0 Å². The molecule has 0 aliphatic rings. The molecule has 0 amide bonds. The Morgan fingerprint density at radius 1 is 1.25 bits per heavy atom. The Bertz CT molecular complexity index is 478. The maximum absolute atomic E-state index is 13.2. The Morgan fingerprint density at radius 3 is 2.06 bits per heavy atom. The summed E-state index contributed by atoms with van der Waals surface area (Å²) in [7, 11) is -3.39. The normalized spacial score (nSPS) is 13.8. The minimum atomic E-state index is -3.39. The van der Waals surface area contributed by atoms with Crippen LogP contribution in [-0.2, 0) is 9.84 Å². The van der Waals surface area contributed by atoms with Crippen molar-refractivity contribution in [3.63, 3.8) is 0 Å². The molecule has 1 atom stereocenters. The van der Waals surface area contributed by atoms with Crippen LogP contribution in [0.5, 0.6) is 0 Å². The fraction of sp³-hybridized carbons (Fsp3) is 0.333. The Morgan fingerprint density at radius 2 is 1.69 bits per heavy atom. The largest absolute Gasteiger partial charge is 0.229 e. The van der Waals surface area contributed by atoms with Crippen molar-refractivity contribution in [1.29, 1.82) is 0 Å². The molecule has 1 aromatic rings. The van der Waals surface area contributed by atoms with E-state index >= 15 is 0 Å². The van der Waals surface area contributed by atoms with Gasteiger partial charge in [0.05, 0.1) is 10.6 Å². The minimum Gasteiger partial charge on any atom is -0.229 e. The molecule has 0 aliphatic heterocycles. The van der Waals surface area contributed by atoms with Gasteiger partial charge in [-0.1, -0.05) is 15.9 Å². The van der Waals surface area contributed by atoms with E-state index in [1.54, 1.807) is 0 Å². The summed E-state index contributed by atoms with van der Waals surface area (Å²) in [5.41, 5.74) is -0.480. The van der Waals surface area contributed by atoms with Crippen molar-refractivity contribution < 1.29 is 21.6 Å². The van der Waals surface area contributed by atoms with Crippen molar-refractivity contribution in [3.8, 4) is 0 Å². The zero-order valence-electron chi connectivity index (χ0n) is 8.18. The number of benzene rings is 1. The van der Waals surface area contributed by atoms with Crippen molar-refractivity contribution >= 4 is 25.8 Å². The molecule has 0 saturated carbocycles. The lowest BCUT2D eigenvalue weighted by atomic mass is 10.1. The Balaban J connectivity index is 3.14. The predicted molar refractivity (Wildman–Crippen MR) is 57.7 cm³/mol. The minimum absolute atomic E-state index is 0.466. The van der Waals surface area contributed by atoms with Gasteiger partial charge in [0.25, 0.3) is 0 Å². The molecule has 0 radical (unpaired) electrons. The van der Waals surface area contributed by atoms with E-state index in [0.29, 0.717) is 12.1 Å². The lowest BCUT2D eigenvalue weighted by Crippen LogP contribution is -2.11. The topological polar surface area (TPSA) is 34.1 Å². The van der Waals surface area contributed by atoms with Crippen LogP contribution in [0, 0.1) is 17.5 Å². The Labute approximate surface area is 99.5 Å². The van der Waals surface area contributed by atoms with E-state index in [4.69, 9.17) is 0 Å². The molecule has 16 heavy (non-hydrogen) atoms. The molecule has 0 saturated heterocycles. The van der Waals surface area contributed by atoms with Gasteiger partial charge in [0.15, 0.2) is 0 Å². The number of rotatable bonds is 3. The molecule has 0 fully saturated rings. The fourth-order valence-electron chi connectivity index (χ4n) is 1.20. The summed E-state index contributed by atoms with van der Waals surface area (Å²) in [5, 5.41) is 0. The quantitative estimate of drug-likeness (QED) is 0.803. The molecule has 90 valence electrons. The average Bonchev–Trinajstić information content (AvgIpc) is 1.96. The highest BCUT2D eigenvalue weighted by atomic mass is 79.9. The molecule has 1 unspecified atom stereocenters. The Kier molecular flexibility index (Phi) is 4.01. The Hall–Kier alpha value is -0.560. The van der Waals surface area contributed by atoms with Crippen LogP contribution < -0.4 is 0 Å². The van der Waals surface area contributed by atoms with Gasteiger partial charge in [-0.25, -0.2) is 21.6 Å². The van der Waals surface area contributed by atoms with Gasteiger partial charge in [0.2, 0.25) is 0 Å². The number of halogens is 4. The van der Waals surface area contributed by atoms with Crippen molar-refractivity contribution in [3.05, 3.63) is 35.1 Å².